The van der Waals surface area contributed by atoms with Crippen molar-refractivity contribution in [2.24, 2.45) is 17.8 Å². The van der Waals surface area contributed by atoms with E-state index < -0.39 is 11.9 Å². The van der Waals surface area contributed by atoms with Crippen molar-refractivity contribution < 1.29 is 14.7 Å². The minimum absolute atomic E-state index is 0.0593. The third-order valence-corrected chi connectivity index (χ3v) is 5.26. The Hall–Kier alpha value is -1.06. The quantitative estimate of drug-likeness (QED) is 0.792. The summed E-state index contributed by atoms with van der Waals surface area (Å²) in [6, 6.07) is 0.0685. The van der Waals surface area contributed by atoms with Crippen molar-refractivity contribution in [1.29, 1.82) is 0 Å². The van der Waals surface area contributed by atoms with Crippen LogP contribution in [0.3, 0.4) is 0 Å². The number of hydrogen-bond donors (Lipinski definition) is 1. The standard InChI is InChI=1S/C16H27NO3/c1-10-5-4-6-13(8-7-10)17-12(3)15(16(19)20)11(2)9-14(17)18/h10-13,15H,4-9H2,1-3H3,(H,19,20). The zero-order valence-electron chi connectivity index (χ0n) is 12.8. The molecule has 1 N–H and O–H groups in total. The summed E-state index contributed by atoms with van der Waals surface area (Å²) in [5, 5.41) is 9.44. The molecule has 0 aromatic carbocycles. The third-order valence-electron chi connectivity index (χ3n) is 5.26. The van der Waals surface area contributed by atoms with Crippen molar-refractivity contribution in [2.75, 3.05) is 0 Å². The normalized spacial score (nSPS) is 39.5. The summed E-state index contributed by atoms with van der Waals surface area (Å²) >= 11 is 0. The van der Waals surface area contributed by atoms with E-state index >= 15 is 0 Å². The van der Waals surface area contributed by atoms with Crippen LogP contribution in [-0.2, 0) is 9.59 Å². The monoisotopic (exact) mass is 281 g/mol. The van der Waals surface area contributed by atoms with E-state index in [0.717, 1.165) is 31.6 Å². The maximum atomic E-state index is 12.4. The molecule has 0 aromatic rings. The van der Waals surface area contributed by atoms with E-state index in [9.17, 15) is 14.7 Å². The van der Waals surface area contributed by atoms with Gasteiger partial charge in [0.2, 0.25) is 5.91 Å². The van der Waals surface area contributed by atoms with Crippen LogP contribution in [0, 0.1) is 17.8 Å². The molecule has 114 valence electrons. The first-order valence-corrected chi connectivity index (χ1v) is 7.95. The second kappa shape index (κ2) is 6.15. The smallest absolute Gasteiger partial charge is 0.308 e. The SMILES string of the molecule is CC1CCCC(N2C(=O)CC(C)C(C(=O)O)C2C)CC1. The first-order chi connectivity index (χ1) is 9.41. The van der Waals surface area contributed by atoms with Crippen LogP contribution in [0.1, 0.15) is 59.3 Å². The average Bonchev–Trinajstić information content (AvgIpc) is 2.53. The highest BCUT2D eigenvalue weighted by atomic mass is 16.4. The van der Waals surface area contributed by atoms with E-state index in [1.54, 1.807) is 0 Å². The molecule has 0 bridgehead atoms. The van der Waals surface area contributed by atoms with Crippen molar-refractivity contribution in [1.82, 2.24) is 4.90 Å². The number of carboxylic acid groups (broad SMARTS) is 1. The molecule has 0 spiro atoms. The third kappa shape index (κ3) is 2.99. The van der Waals surface area contributed by atoms with Gasteiger partial charge in [-0.1, -0.05) is 26.7 Å². The Balaban J connectivity index is 2.16. The number of carbonyl (C=O) groups is 2. The molecule has 20 heavy (non-hydrogen) atoms. The molecule has 2 aliphatic rings. The fourth-order valence-corrected chi connectivity index (χ4v) is 4.12. The summed E-state index contributed by atoms with van der Waals surface area (Å²) in [7, 11) is 0. The van der Waals surface area contributed by atoms with E-state index in [2.05, 4.69) is 6.92 Å². The summed E-state index contributed by atoms with van der Waals surface area (Å²) < 4.78 is 0. The minimum atomic E-state index is -0.760. The van der Waals surface area contributed by atoms with Gasteiger partial charge in [-0.25, -0.2) is 0 Å². The largest absolute Gasteiger partial charge is 0.481 e. The Labute approximate surface area is 121 Å². The summed E-state index contributed by atoms with van der Waals surface area (Å²) in [4.78, 5) is 25.8. The van der Waals surface area contributed by atoms with E-state index in [4.69, 9.17) is 0 Å². The average molecular weight is 281 g/mol. The van der Waals surface area contributed by atoms with Gasteiger partial charge in [-0.2, -0.15) is 0 Å². The summed E-state index contributed by atoms with van der Waals surface area (Å²) in [6.45, 7) is 6.08. The molecule has 1 heterocycles. The van der Waals surface area contributed by atoms with Gasteiger partial charge in [0.05, 0.1) is 5.92 Å². The van der Waals surface area contributed by atoms with Crippen LogP contribution < -0.4 is 0 Å². The molecular formula is C16H27NO3. The van der Waals surface area contributed by atoms with Gasteiger partial charge < -0.3 is 10.0 Å². The Morgan fingerprint density at radius 2 is 1.85 bits per heavy atom. The molecule has 1 amide bonds. The van der Waals surface area contributed by atoms with Gasteiger partial charge in [0, 0.05) is 18.5 Å². The molecule has 1 saturated carbocycles. The number of hydrogen-bond acceptors (Lipinski definition) is 2. The number of carboxylic acids is 1. The second-order valence-electron chi connectivity index (χ2n) is 6.85. The predicted octanol–water partition coefficient (Wildman–Crippen LogP) is 2.91. The van der Waals surface area contributed by atoms with Crippen LogP contribution in [-0.4, -0.2) is 34.0 Å². The fraction of sp³-hybridized carbons (Fsp3) is 0.875. The Morgan fingerprint density at radius 3 is 2.50 bits per heavy atom. The van der Waals surface area contributed by atoms with E-state index in [-0.39, 0.29) is 23.9 Å². The molecule has 2 fully saturated rings. The molecule has 4 nitrogen and oxygen atoms in total. The molecular weight excluding hydrogens is 254 g/mol. The minimum Gasteiger partial charge on any atom is -0.481 e. The Kier molecular flexibility index (Phi) is 4.71. The number of nitrogens with zero attached hydrogens (tertiary/aromatic N) is 1. The predicted molar refractivity (Wildman–Crippen MR) is 77.3 cm³/mol. The van der Waals surface area contributed by atoms with Crippen molar-refractivity contribution in [2.45, 2.75) is 71.4 Å². The lowest BCUT2D eigenvalue weighted by atomic mass is 9.79. The molecule has 0 radical (unpaired) electrons. The first kappa shape index (κ1) is 15.3. The van der Waals surface area contributed by atoms with Crippen molar-refractivity contribution >= 4 is 11.9 Å². The molecule has 0 aromatic heterocycles. The lowest BCUT2D eigenvalue weighted by Gasteiger charge is -2.45. The molecule has 1 aliphatic heterocycles. The molecule has 1 saturated heterocycles. The highest BCUT2D eigenvalue weighted by Gasteiger charge is 2.44. The fourth-order valence-electron chi connectivity index (χ4n) is 4.12. The highest BCUT2D eigenvalue weighted by Crippen LogP contribution is 2.35. The molecule has 5 atom stereocenters. The zero-order chi connectivity index (χ0) is 14.9. The van der Waals surface area contributed by atoms with Gasteiger partial charge in [-0.15, -0.1) is 0 Å². The Bertz CT molecular complexity index is 382. The molecule has 1 aliphatic carbocycles. The van der Waals surface area contributed by atoms with Gasteiger partial charge in [-0.05, 0) is 38.0 Å². The topological polar surface area (TPSA) is 57.6 Å². The van der Waals surface area contributed by atoms with Gasteiger partial charge in [-0.3, -0.25) is 9.59 Å². The first-order valence-electron chi connectivity index (χ1n) is 7.95. The van der Waals surface area contributed by atoms with Gasteiger partial charge in [0.1, 0.15) is 0 Å². The van der Waals surface area contributed by atoms with Crippen LogP contribution in [0.2, 0.25) is 0 Å². The molecule has 5 unspecified atom stereocenters. The van der Waals surface area contributed by atoms with Gasteiger partial charge >= 0.3 is 5.97 Å². The molecule has 2 rings (SSSR count). The summed E-state index contributed by atoms with van der Waals surface area (Å²) in [5.41, 5.74) is 0. The van der Waals surface area contributed by atoms with E-state index in [1.165, 1.54) is 6.42 Å². The van der Waals surface area contributed by atoms with Gasteiger partial charge in [0.15, 0.2) is 0 Å². The number of rotatable bonds is 2. The maximum absolute atomic E-state index is 12.4. The number of aliphatic carboxylic acids is 1. The van der Waals surface area contributed by atoms with Crippen LogP contribution in [0.5, 0.6) is 0 Å². The van der Waals surface area contributed by atoms with Crippen molar-refractivity contribution in [3.63, 3.8) is 0 Å². The lowest BCUT2D eigenvalue weighted by molar-refractivity contribution is -0.157. The maximum Gasteiger partial charge on any atom is 0.308 e. The van der Waals surface area contributed by atoms with Crippen LogP contribution in [0.15, 0.2) is 0 Å². The summed E-state index contributed by atoms with van der Waals surface area (Å²) in [5.74, 6) is -0.361. The van der Waals surface area contributed by atoms with E-state index in [1.807, 2.05) is 18.7 Å². The van der Waals surface area contributed by atoms with Crippen molar-refractivity contribution in [3.05, 3.63) is 0 Å². The lowest BCUT2D eigenvalue weighted by Crippen LogP contribution is -2.56. The van der Waals surface area contributed by atoms with Crippen LogP contribution >= 0.6 is 0 Å². The number of amides is 1. The second-order valence-corrected chi connectivity index (χ2v) is 6.85. The van der Waals surface area contributed by atoms with Gasteiger partial charge in [0.25, 0.3) is 0 Å². The summed E-state index contributed by atoms with van der Waals surface area (Å²) in [6.07, 6.45) is 5.96. The molecule has 4 heteroatoms. The van der Waals surface area contributed by atoms with Crippen molar-refractivity contribution in [3.8, 4) is 0 Å². The Morgan fingerprint density at radius 1 is 1.15 bits per heavy atom. The number of likely N-dealkylation sites (tertiary alicyclic amines) is 1. The zero-order valence-corrected chi connectivity index (χ0v) is 12.8. The van der Waals surface area contributed by atoms with E-state index in [0.29, 0.717) is 6.42 Å². The van der Waals surface area contributed by atoms with Crippen LogP contribution in [0.25, 0.3) is 0 Å². The van der Waals surface area contributed by atoms with Crippen LogP contribution in [0.4, 0.5) is 0 Å². The number of piperidine rings is 1. The number of carbonyl (C=O) groups excluding carboxylic acids is 1. The highest BCUT2D eigenvalue weighted by molar-refractivity contribution is 5.82.